The minimum atomic E-state index is 0.395. The second-order valence-electron chi connectivity index (χ2n) is 6.20. The first-order chi connectivity index (χ1) is 10.9. The Hall–Kier alpha value is -1.95. The highest BCUT2D eigenvalue weighted by Crippen LogP contribution is 2.32. The number of aryl methyl sites for hydroxylation is 1. The lowest BCUT2D eigenvalue weighted by Crippen LogP contribution is -2.39. The number of nitrogens with zero attached hydrogens (tertiary/aromatic N) is 5. The molecule has 0 aromatic carbocycles. The summed E-state index contributed by atoms with van der Waals surface area (Å²) in [5, 5.41) is 4.42. The van der Waals surface area contributed by atoms with Crippen LogP contribution in [0, 0.1) is 5.92 Å². The molecule has 22 heavy (non-hydrogen) atoms. The Morgan fingerprint density at radius 1 is 1.14 bits per heavy atom. The molecule has 2 aromatic heterocycles. The molecule has 1 aliphatic carbocycles. The van der Waals surface area contributed by atoms with Gasteiger partial charge in [-0.15, -0.1) is 0 Å². The zero-order chi connectivity index (χ0) is 14.8. The van der Waals surface area contributed by atoms with Crippen molar-refractivity contribution >= 4 is 0 Å². The molecule has 6 nitrogen and oxygen atoms in total. The van der Waals surface area contributed by atoms with Crippen molar-refractivity contribution in [2.45, 2.75) is 38.4 Å². The molecule has 4 rings (SSSR count). The first-order valence-electron chi connectivity index (χ1n) is 8.03. The lowest BCUT2D eigenvalue weighted by molar-refractivity contribution is 0.115. The lowest BCUT2D eigenvalue weighted by Gasteiger charge is -2.29. The average molecular weight is 299 g/mol. The molecule has 0 bridgehead atoms. The standard InChI is InChI=1S/C16H21N5O/c1-6-17-16(18-7-1)22-12-15-5-9-21-14(4-8-19-21)11-20(15)10-13-2-3-13/h1,4,6-8,13,15H,2-3,5,9-12H2/t15-/m0/s1. The molecule has 2 aliphatic rings. The minimum absolute atomic E-state index is 0.395. The van der Waals surface area contributed by atoms with Crippen LogP contribution >= 0.6 is 0 Å². The third kappa shape index (κ3) is 3.11. The fraction of sp³-hybridized carbons (Fsp3) is 0.562. The number of hydrogen-bond donors (Lipinski definition) is 0. The van der Waals surface area contributed by atoms with E-state index in [1.54, 1.807) is 18.5 Å². The molecule has 0 amide bonds. The van der Waals surface area contributed by atoms with Gasteiger partial charge < -0.3 is 4.74 Å². The van der Waals surface area contributed by atoms with Gasteiger partial charge in [-0.3, -0.25) is 9.58 Å². The van der Waals surface area contributed by atoms with Crippen molar-refractivity contribution in [1.82, 2.24) is 24.6 Å². The van der Waals surface area contributed by atoms with E-state index in [2.05, 4.69) is 30.7 Å². The smallest absolute Gasteiger partial charge is 0.316 e. The van der Waals surface area contributed by atoms with E-state index in [4.69, 9.17) is 4.74 Å². The van der Waals surface area contributed by atoms with E-state index in [1.165, 1.54) is 18.5 Å². The van der Waals surface area contributed by atoms with E-state index in [0.717, 1.165) is 32.0 Å². The van der Waals surface area contributed by atoms with Crippen LogP contribution in [0.15, 0.2) is 30.7 Å². The van der Waals surface area contributed by atoms with Crippen molar-refractivity contribution in [2.24, 2.45) is 5.92 Å². The highest BCUT2D eigenvalue weighted by molar-refractivity contribution is 5.03. The third-order valence-corrected chi connectivity index (χ3v) is 4.50. The zero-order valence-corrected chi connectivity index (χ0v) is 12.6. The van der Waals surface area contributed by atoms with Crippen molar-refractivity contribution in [3.8, 4) is 6.01 Å². The highest BCUT2D eigenvalue weighted by Gasteiger charge is 2.31. The monoisotopic (exact) mass is 299 g/mol. The molecular weight excluding hydrogens is 278 g/mol. The largest absolute Gasteiger partial charge is 0.462 e. The number of rotatable bonds is 5. The van der Waals surface area contributed by atoms with Crippen LogP contribution in [0.3, 0.4) is 0 Å². The topological polar surface area (TPSA) is 56.1 Å². The number of hydrogen-bond acceptors (Lipinski definition) is 5. The number of fused-ring (bicyclic) bond motifs is 1. The zero-order valence-electron chi connectivity index (χ0n) is 12.6. The molecular formula is C16H21N5O. The van der Waals surface area contributed by atoms with Crippen LogP contribution in [0.4, 0.5) is 0 Å². The Bertz CT molecular complexity index is 610. The predicted molar refractivity (Wildman–Crippen MR) is 81.3 cm³/mol. The van der Waals surface area contributed by atoms with Gasteiger partial charge >= 0.3 is 6.01 Å². The van der Waals surface area contributed by atoms with Crippen molar-refractivity contribution in [2.75, 3.05) is 13.2 Å². The van der Waals surface area contributed by atoms with E-state index in [0.29, 0.717) is 18.7 Å². The minimum Gasteiger partial charge on any atom is -0.462 e. The number of aromatic nitrogens is 4. The molecule has 2 aromatic rings. The molecule has 116 valence electrons. The van der Waals surface area contributed by atoms with Gasteiger partial charge in [0.05, 0.1) is 5.69 Å². The Kier molecular flexibility index (Phi) is 3.76. The van der Waals surface area contributed by atoms with E-state index in [9.17, 15) is 0 Å². The van der Waals surface area contributed by atoms with Crippen LogP contribution < -0.4 is 4.74 Å². The molecule has 3 heterocycles. The van der Waals surface area contributed by atoms with Gasteiger partial charge in [0.1, 0.15) is 6.61 Å². The lowest BCUT2D eigenvalue weighted by atomic mass is 10.1. The molecule has 1 fully saturated rings. The maximum Gasteiger partial charge on any atom is 0.316 e. The molecule has 0 radical (unpaired) electrons. The summed E-state index contributed by atoms with van der Waals surface area (Å²) < 4.78 is 7.94. The highest BCUT2D eigenvalue weighted by atomic mass is 16.5. The summed E-state index contributed by atoms with van der Waals surface area (Å²) >= 11 is 0. The van der Waals surface area contributed by atoms with Crippen LogP contribution in [-0.2, 0) is 13.1 Å². The van der Waals surface area contributed by atoms with Crippen LogP contribution in [-0.4, -0.2) is 43.8 Å². The second-order valence-corrected chi connectivity index (χ2v) is 6.20. The maximum atomic E-state index is 5.82. The summed E-state index contributed by atoms with van der Waals surface area (Å²) in [7, 11) is 0. The van der Waals surface area contributed by atoms with E-state index in [-0.39, 0.29) is 0 Å². The average Bonchev–Trinajstić information content (AvgIpc) is 3.29. The van der Waals surface area contributed by atoms with Gasteiger partial charge in [-0.25, -0.2) is 9.97 Å². The Morgan fingerprint density at radius 2 is 2.00 bits per heavy atom. The van der Waals surface area contributed by atoms with Gasteiger partial charge in [-0.1, -0.05) is 0 Å². The maximum absolute atomic E-state index is 5.82. The number of ether oxygens (including phenoxy) is 1. The van der Waals surface area contributed by atoms with E-state index in [1.807, 2.05) is 6.20 Å². The molecule has 0 unspecified atom stereocenters. The van der Waals surface area contributed by atoms with Gasteiger partial charge in [0.2, 0.25) is 0 Å². The van der Waals surface area contributed by atoms with E-state index < -0.39 is 0 Å². The Balaban J connectivity index is 1.45. The summed E-state index contributed by atoms with van der Waals surface area (Å²) in [4.78, 5) is 10.8. The van der Waals surface area contributed by atoms with Gasteiger partial charge in [0, 0.05) is 44.3 Å². The molecule has 0 spiro atoms. The quantitative estimate of drug-likeness (QED) is 0.841. The Labute approximate surface area is 130 Å². The van der Waals surface area contributed by atoms with Crippen molar-refractivity contribution in [3.63, 3.8) is 0 Å². The van der Waals surface area contributed by atoms with Crippen LogP contribution in [0.5, 0.6) is 6.01 Å². The normalized spacial score (nSPS) is 22.1. The van der Waals surface area contributed by atoms with E-state index >= 15 is 0 Å². The summed E-state index contributed by atoms with van der Waals surface area (Å²) in [5.41, 5.74) is 1.30. The summed E-state index contributed by atoms with van der Waals surface area (Å²) in [5.74, 6) is 0.866. The van der Waals surface area contributed by atoms with Crippen LogP contribution in [0.25, 0.3) is 0 Å². The van der Waals surface area contributed by atoms with Crippen LogP contribution in [0.2, 0.25) is 0 Å². The van der Waals surface area contributed by atoms with Gasteiger partial charge in [0.25, 0.3) is 0 Å². The first kappa shape index (κ1) is 13.7. The molecule has 1 atom stereocenters. The van der Waals surface area contributed by atoms with Gasteiger partial charge in [-0.2, -0.15) is 5.10 Å². The molecule has 0 N–H and O–H groups in total. The first-order valence-corrected chi connectivity index (χ1v) is 8.03. The Morgan fingerprint density at radius 3 is 2.82 bits per heavy atom. The fourth-order valence-corrected chi connectivity index (χ4v) is 3.05. The second kappa shape index (κ2) is 6.04. The van der Waals surface area contributed by atoms with Crippen molar-refractivity contribution in [1.29, 1.82) is 0 Å². The molecule has 1 saturated carbocycles. The predicted octanol–water partition coefficient (Wildman–Crippen LogP) is 1.74. The molecule has 0 saturated heterocycles. The van der Waals surface area contributed by atoms with Gasteiger partial charge in [0.15, 0.2) is 0 Å². The van der Waals surface area contributed by atoms with Crippen molar-refractivity contribution < 1.29 is 4.74 Å². The third-order valence-electron chi connectivity index (χ3n) is 4.50. The SMILES string of the molecule is c1cnc(OC[C@@H]2CCn3nccc3CN2CC2CC2)nc1. The summed E-state index contributed by atoms with van der Waals surface area (Å²) in [6.07, 6.45) is 9.11. The summed E-state index contributed by atoms with van der Waals surface area (Å²) in [6.45, 7) is 3.71. The fourth-order valence-electron chi connectivity index (χ4n) is 3.05. The molecule has 1 aliphatic heterocycles. The van der Waals surface area contributed by atoms with Crippen molar-refractivity contribution in [3.05, 3.63) is 36.4 Å². The van der Waals surface area contributed by atoms with Gasteiger partial charge in [-0.05, 0) is 37.3 Å². The summed E-state index contributed by atoms with van der Waals surface area (Å²) in [6, 6.07) is 4.79. The van der Waals surface area contributed by atoms with Crippen LogP contribution in [0.1, 0.15) is 25.0 Å². The molecule has 6 heteroatoms.